The van der Waals surface area contributed by atoms with E-state index in [-0.39, 0.29) is 21.3 Å². The molecule has 1 heterocycles. The van der Waals surface area contributed by atoms with Crippen LogP contribution < -0.4 is 19.7 Å². The normalized spacial score (nSPS) is 14.6. The molecule has 0 aliphatic carbocycles. The van der Waals surface area contributed by atoms with Crippen molar-refractivity contribution in [2.75, 3.05) is 12.0 Å². The number of anilines is 1. The van der Waals surface area contributed by atoms with Gasteiger partial charge in [-0.2, -0.15) is 0 Å². The molecule has 1 aliphatic rings. The third kappa shape index (κ3) is 5.36. The maximum absolute atomic E-state index is 13.3. The van der Waals surface area contributed by atoms with E-state index in [4.69, 9.17) is 32.7 Å². The number of nitrogens with one attached hydrogen (secondary N) is 1. The van der Waals surface area contributed by atoms with E-state index in [1.807, 2.05) is 42.5 Å². The maximum atomic E-state index is 13.3. The summed E-state index contributed by atoms with van der Waals surface area (Å²) in [4.78, 5) is 39.2. The SMILES string of the molecule is COc1cc(/C=C2\C(=O)NC(=O)N(c3ccc(Cl)c(Cl)c3)C2=O)cc(Br)c1OCc1cccc2ccccc12. The number of fused-ring (bicyclic) bond motifs is 1. The molecule has 0 radical (unpaired) electrons. The Kier molecular flexibility index (Phi) is 7.61. The molecule has 0 unspecified atom stereocenters. The molecule has 0 aromatic heterocycles. The van der Waals surface area contributed by atoms with Crippen LogP contribution in [0.5, 0.6) is 11.5 Å². The van der Waals surface area contributed by atoms with Gasteiger partial charge in [0.1, 0.15) is 12.2 Å². The molecular formula is C29H19BrCl2N2O5. The molecule has 1 aliphatic heterocycles. The van der Waals surface area contributed by atoms with Crippen LogP contribution in [0.4, 0.5) is 10.5 Å². The number of rotatable bonds is 6. The van der Waals surface area contributed by atoms with Gasteiger partial charge < -0.3 is 9.47 Å². The molecule has 0 bridgehead atoms. The zero-order valence-corrected chi connectivity index (χ0v) is 23.4. The highest BCUT2D eigenvalue weighted by Gasteiger charge is 2.37. The van der Waals surface area contributed by atoms with Crippen LogP contribution in [0.25, 0.3) is 16.8 Å². The van der Waals surface area contributed by atoms with Crippen molar-refractivity contribution in [2.24, 2.45) is 0 Å². The van der Waals surface area contributed by atoms with Gasteiger partial charge in [-0.25, -0.2) is 9.69 Å². The topological polar surface area (TPSA) is 84.9 Å². The number of hydrogen-bond acceptors (Lipinski definition) is 5. The molecule has 196 valence electrons. The van der Waals surface area contributed by atoms with E-state index in [1.165, 1.54) is 31.4 Å². The molecule has 0 spiro atoms. The molecule has 1 fully saturated rings. The van der Waals surface area contributed by atoms with Gasteiger partial charge in [-0.3, -0.25) is 14.9 Å². The van der Waals surface area contributed by atoms with E-state index in [1.54, 1.807) is 12.1 Å². The number of imide groups is 2. The number of carbonyl (C=O) groups is 3. The summed E-state index contributed by atoms with van der Waals surface area (Å²) in [6.07, 6.45) is 1.37. The van der Waals surface area contributed by atoms with E-state index in [0.717, 1.165) is 21.2 Å². The molecule has 4 aromatic carbocycles. The third-order valence-corrected chi connectivity index (χ3v) is 7.41. The standard InChI is InChI=1S/C29H19BrCl2N2O5/c1-38-25-13-16(12-22(30)26(25)39-15-18-7-4-6-17-5-2-3-8-20(17)18)11-21-27(35)33-29(37)34(28(21)36)19-9-10-23(31)24(32)14-19/h2-14H,15H2,1H3,(H,33,35,37)/b21-11+. The van der Waals surface area contributed by atoms with Crippen LogP contribution in [0.2, 0.25) is 10.0 Å². The van der Waals surface area contributed by atoms with Gasteiger partial charge >= 0.3 is 6.03 Å². The second-order valence-electron chi connectivity index (χ2n) is 8.52. The van der Waals surface area contributed by atoms with Crippen LogP contribution in [0, 0.1) is 0 Å². The predicted octanol–water partition coefficient (Wildman–Crippen LogP) is 7.16. The van der Waals surface area contributed by atoms with Gasteiger partial charge in [-0.1, -0.05) is 65.7 Å². The minimum Gasteiger partial charge on any atom is -0.493 e. The number of hydrogen-bond donors (Lipinski definition) is 1. The second kappa shape index (κ2) is 11.1. The molecule has 1 saturated heterocycles. The van der Waals surface area contributed by atoms with Gasteiger partial charge in [0.05, 0.1) is 27.3 Å². The molecule has 0 saturated carbocycles. The summed E-state index contributed by atoms with van der Waals surface area (Å²) < 4.78 is 12.2. The Labute approximate surface area is 242 Å². The summed E-state index contributed by atoms with van der Waals surface area (Å²) in [5, 5.41) is 4.79. The summed E-state index contributed by atoms with van der Waals surface area (Å²) in [5.41, 5.74) is 1.39. The number of nitrogens with zero attached hydrogens (tertiary/aromatic N) is 1. The number of halogens is 3. The van der Waals surface area contributed by atoms with Crippen molar-refractivity contribution >= 4 is 79.5 Å². The zero-order valence-electron chi connectivity index (χ0n) is 20.3. The highest BCUT2D eigenvalue weighted by atomic mass is 79.9. The van der Waals surface area contributed by atoms with Crippen molar-refractivity contribution in [1.82, 2.24) is 5.32 Å². The lowest BCUT2D eigenvalue weighted by atomic mass is 10.1. The van der Waals surface area contributed by atoms with Gasteiger partial charge in [-0.05, 0) is 74.2 Å². The predicted molar refractivity (Wildman–Crippen MR) is 154 cm³/mol. The molecule has 1 N–H and O–H groups in total. The van der Waals surface area contributed by atoms with Crippen LogP contribution in [0.3, 0.4) is 0 Å². The summed E-state index contributed by atoms with van der Waals surface area (Å²) in [6.45, 7) is 0.290. The fraction of sp³-hybridized carbons (Fsp3) is 0.0690. The molecular weight excluding hydrogens is 607 g/mol. The smallest absolute Gasteiger partial charge is 0.335 e. The molecule has 4 aromatic rings. The number of urea groups is 1. The summed E-state index contributed by atoms with van der Waals surface area (Å²) in [7, 11) is 1.49. The van der Waals surface area contributed by atoms with Crippen LogP contribution in [0.15, 0.2) is 82.8 Å². The lowest BCUT2D eigenvalue weighted by molar-refractivity contribution is -0.122. The lowest BCUT2D eigenvalue weighted by Crippen LogP contribution is -2.54. The number of amides is 4. The molecule has 39 heavy (non-hydrogen) atoms. The first kappa shape index (κ1) is 26.7. The van der Waals surface area contributed by atoms with Crippen LogP contribution in [-0.2, 0) is 16.2 Å². The van der Waals surface area contributed by atoms with Crippen molar-refractivity contribution in [3.8, 4) is 11.5 Å². The largest absolute Gasteiger partial charge is 0.493 e. The average Bonchev–Trinajstić information content (AvgIpc) is 2.92. The Bertz CT molecular complexity index is 1680. The summed E-state index contributed by atoms with van der Waals surface area (Å²) in [6, 6.07) is 20.8. The number of methoxy groups -OCH3 is 1. The van der Waals surface area contributed by atoms with E-state index in [9.17, 15) is 14.4 Å². The number of barbiturate groups is 1. The van der Waals surface area contributed by atoms with Gasteiger partial charge in [-0.15, -0.1) is 0 Å². The Hall–Kier alpha value is -3.85. The minimum absolute atomic E-state index is 0.157. The number of benzene rings is 4. The van der Waals surface area contributed by atoms with Crippen LogP contribution in [0.1, 0.15) is 11.1 Å². The molecule has 0 atom stereocenters. The fourth-order valence-electron chi connectivity index (χ4n) is 4.21. The third-order valence-electron chi connectivity index (χ3n) is 6.08. The average molecular weight is 626 g/mol. The Balaban J connectivity index is 1.45. The van der Waals surface area contributed by atoms with Crippen molar-refractivity contribution in [3.63, 3.8) is 0 Å². The van der Waals surface area contributed by atoms with E-state index in [2.05, 4.69) is 21.2 Å². The lowest BCUT2D eigenvalue weighted by Gasteiger charge is -2.26. The summed E-state index contributed by atoms with van der Waals surface area (Å²) >= 11 is 15.5. The summed E-state index contributed by atoms with van der Waals surface area (Å²) in [5.74, 6) is -0.793. The molecule has 7 nitrogen and oxygen atoms in total. The molecule has 4 amide bonds. The van der Waals surface area contributed by atoms with Crippen molar-refractivity contribution < 1.29 is 23.9 Å². The van der Waals surface area contributed by atoms with E-state index < -0.39 is 17.8 Å². The van der Waals surface area contributed by atoms with Crippen molar-refractivity contribution in [2.45, 2.75) is 6.61 Å². The highest BCUT2D eigenvalue weighted by molar-refractivity contribution is 9.10. The first-order chi connectivity index (χ1) is 18.8. The van der Waals surface area contributed by atoms with Crippen LogP contribution >= 0.6 is 39.1 Å². The van der Waals surface area contributed by atoms with E-state index in [0.29, 0.717) is 28.1 Å². The zero-order chi connectivity index (χ0) is 27.7. The molecule has 10 heteroatoms. The first-order valence-electron chi connectivity index (χ1n) is 11.6. The van der Waals surface area contributed by atoms with Crippen molar-refractivity contribution in [1.29, 1.82) is 0 Å². The first-order valence-corrected chi connectivity index (χ1v) is 13.1. The highest BCUT2D eigenvalue weighted by Crippen LogP contribution is 2.38. The fourth-order valence-corrected chi connectivity index (χ4v) is 5.08. The van der Waals surface area contributed by atoms with Crippen LogP contribution in [-0.4, -0.2) is 25.0 Å². The Morgan fingerprint density at radius 2 is 1.72 bits per heavy atom. The minimum atomic E-state index is -0.892. The van der Waals surface area contributed by atoms with Gasteiger partial charge in [0, 0.05) is 0 Å². The maximum Gasteiger partial charge on any atom is 0.335 e. The van der Waals surface area contributed by atoms with Crippen molar-refractivity contribution in [3.05, 3.63) is 104 Å². The number of carbonyl (C=O) groups excluding carboxylic acids is 3. The second-order valence-corrected chi connectivity index (χ2v) is 10.2. The van der Waals surface area contributed by atoms with Gasteiger partial charge in [0.2, 0.25) is 0 Å². The number of ether oxygens (including phenoxy) is 2. The Morgan fingerprint density at radius 1 is 0.949 bits per heavy atom. The Morgan fingerprint density at radius 3 is 2.49 bits per heavy atom. The molecule has 5 rings (SSSR count). The quantitative estimate of drug-likeness (QED) is 0.181. The van der Waals surface area contributed by atoms with E-state index >= 15 is 0 Å². The monoisotopic (exact) mass is 624 g/mol. The van der Waals surface area contributed by atoms with Gasteiger partial charge in [0.25, 0.3) is 11.8 Å². The van der Waals surface area contributed by atoms with Gasteiger partial charge in [0.15, 0.2) is 11.5 Å².